The number of nitrogens with one attached hydrogen (secondary N) is 3. The Kier molecular flexibility index (Phi) is 10.3. The zero-order valence-corrected chi connectivity index (χ0v) is 20.6. The predicted octanol–water partition coefficient (Wildman–Crippen LogP) is 2.76. The molecule has 0 aliphatic heterocycles. The van der Waals surface area contributed by atoms with E-state index in [9.17, 15) is 14.0 Å². The quantitative estimate of drug-likeness (QED) is 0.203. The van der Waals surface area contributed by atoms with Crippen LogP contribution in [0.4, 0.5) is 4.39 Å². The van der Waals surface area contributed by atoms with Crippen molar-refractivity contribution in [2.24, 2.45) is 5.92 Å². The van der Waals surface area contributed by atoms with Gasteiger partial charge in [-0.1, -0.05) is 41.1 Å². The van der Waals surface area contributed by atoms with Crippen LogP contribution in [0.15, 0.2) is 48.7 Å². The van der Waals surface area contributed by atoms with Crippen LogP contribution in [0.2, 0.25) is 5.02 Å². The number of rotatable bonds is 13. The summed E-state index contributed by atoms with van der Waals surface area (Å²) in [6.07, 6.45) is 2.00. The number of esters is 1. The molecular formula is C25H29ClFN5O4. The first-order valence-corrected chi connectivity index (χ1v) is 12.0. The number of aliphatic hydroxyl groups excluding tert-OH is 1. The van der Waals surface area contributed by atoms with Crippen molar-refractivity contribution >= 4 is 23.5 Å². The van der Waals surface area contributed by atoms with Gasteiger partial charge in [0, 0.05) is 29.7 Å². The van der Waals surface area contributed by atoms with Gasteiger partial charge in [-0.3, -0.25) is 14.7 Å². The van der Waals surface area contributed by atoms with E-state index in [1.807, 2.05) is 12.1 Å². The molecule has 0 fully saturated rings. The van der Waals surface area contributed by atoms with Gasteiger partial charge >= 0.3 is 5.97 Å². The number of aromatic nitrogens is 3. The minimum absolute atomic E-state index is 0.0674. The number of aromatic amines is 1. The molecule has 1 amide bonds. The fourth-order valence-electron chi connectivity index (χ4n) is 3.81. The lowest BCUT2D eigenvalue weighted by Gasteiger charge is -2.24. The maximum Gasteiger partial charge on any atom is 0.310 e. The third kappa shape index (κ3) is 7.84. The van der Waals surface area contributed by atoms with Crippen molar-refractivity contribution in [3.8, 4) is 11.1 Å². The minimum atomic E-state index is -0.554. The van der Waals surface area contributed by atoms with Crippen LogP contribution in [0.5, 0.6) is 0 Å². The maximum atomic E-state index is 14.3. The van der Waals surface area contributed by atoms with Gasteiger partial charge in [-0.2, -0.15) is 0 Å². The number of halogens is 2. The Labute approximate surface area is 213 Å². The van der Waals surface area contributed by atoms with E-state index in [4.69, 9.17) is 21.4 Å². The average molecular weight is 518 g/mol. The summed E-state index contributed by atoms with van der Waals surface area (Å²) in [6, 6.07) is 11.2. The molecule has 4 N–H and O–H groups in total. The molecule has 0 aliphatic rings. The van der Waals surface area contributed by atoms with Crippen LogP contribution in [0.1, 0.15) is 29.4 Å². The summed E-state index contributed by atoms with van der Waals surface area (Å²) in [5.41, 5.74) is 2.13. The van der Waals surface area contributed by atoms with Gasteiger partial charge in [-0.15, -0.1) is 5.10 Å². The number of carbonyl (C=O) groups is 2. The minimum Gasteiger partial charge on any atom is -0.466 e. The number of carbonyl (C=O) groups excluding carboxylic acids is 2. The number of hydrogen-bond donors (Lipinski definition) is 4. The summed E-state index contributed by atoms with van der Waals surface area (Å²) in [5, 5.41) is 25.2. The molecular weight excluding hydrogens is 489 g/mol. The van der Waals surface area contributed by atoms with Crippen molar-refractivity contribution in [1.29, 1.82) is 0 Å². The summed E-state index contributed by atoms with van der Waals surface area (Å²) in [6.45, 7) is 2.50. The molecule has 0 aliphatic carbocycles. The highest BCUT2D eigenvalue weighted by molar-refractivity contribution is 6.30. The largest absolute Gasteiger partial charge is 0.466 e. The third-order valence-electron chi connectivity index (χ3n) is 5.54. The standard InChI is InChI=1S/C25H29ClFN5O4/c1-2-36-25(35)18(14-28-9-10-33)12-20(30-24(34)23-15-29-32-31-23)11-16-3-5-17(6-4-16)21-13-19(26)7-8-22(21)27/h3-8,13,15,18,20,28,33H,2,9-12,14H2,1H3,(H,30,34)(H,29,31,32)/t18-,20+/m0/s1. The summed E-state index contributed by atoms with van der Waals surface area (Å²) in [4.78, 5) is 25.3. The van der Waals surface area contributed by atoms with Crippen molar-refractivity contribution in [1.82, 2.24) is 26.0 Å². The lowest BCUT2D eigenvalue weighted by atomic mass is 9.93. The second-order valence-electron chi connectivity index (χ2n) is 8.18. The average Bonchev–Trinajstić information content (AvgIpc) is 3.41. The molecule has 0 saturated heterocycles. The number of H-pyrrole nitrogens is 1. The number of hydrogen-bond acceptors (Lipinski definition) is 7. The molecule has 3 rings (SSSR count). The summed E-state index contributed by atoms with van der Waals surface area (Å²) >= 11 is 6.02. The summed E-state index contributed by atoms with van der Waals surface area (Å²) in [7, 11) is 0. The molecule has 0 bridgehead atoms. The third-order valence-corrected chi connectivity index (χ3v) is 5.77. The SMILES string of the molecule is CCOC(=O)[C@H](CNCCO)C[C@@H](Cc1ccc(-c2cc(Cl)ccc2F)cc1)NC(=O)c1cnn[nH]1. The number of amides is 1. The number of benzene rings is 2. The normalized spacial score (nSPS) is 12.7. The van der Waals surface area contributed by atoms with Crippen molar-refractivity contribution in [2.45, 2.75) is 25.8 Å². The van der Waals surface area contributed by atoms with Crippen LogP contribution in [-0.2, 0) is 16.0 Å². The smallest absolute Gasteiger partial charge is 0.310 e. The van der Waals surface area contributed by atoms with E-state index in [1.54, 1.807) is 25.1 Å². The highest BCUT2D eigenvalue weighted by Gasteiger charge is 2.26. The first kappa shape index (κ1) is 27.3. The Balaban J connectivity index is 1.79. The van der Waals surface area contributed by atoms with Gasteiger partial charge in [0.1, 0.15) is 11.5 Å². The van der Waals surface area contributed by atoms with Crippen molar-refractivity contribution in [3.05, 3.63) is 70.8 Å². The maximum absolute atomic E-state index is 14.3. The molecule has 11 heteroatoms. The fraction of sp³-hybridized carbons (Fsp3) is 0.360. The van der Waals surface area contributed by atoms with E-state index < -0.39 is 23.8 Å². The number of nitrogens with zero attached hydrogens (tertiary/aromatic N) is 2. The highest BCUT2D eigenvalue weighted by Crippen LogP contribution is 2.27. The lowest BCUT2D eigenvalue weighted by molar-refractivity contribution is -0.148. The van der Waals surface area contributed by atoms with Gasteiger partial charge in [0.2, 0.25) is 0 Å². The Hall–Kier alpha value is -3.34. The molecule has 36 heavy (non-hydrogen) atoms. The predicted molar refractivity (Wildman–Crippen MR) is 133 cm³/mol. The van der Waals surface area contributed by atoms with E-state index >= 15 is 0 Å². The van der Waals surface area contributed by atoms with Gasteiger partial charge in [0.25, 0.3) is 5.91 Å². The molecule has 0 unspecified atom stereocenters. The van der Waals surface area contributed by atoms with Crippen LogP contribution in [0.3, 0.4) is 0 Å². The van der Waals surface area contributed by atoms with Crippen LogP contribution < -0.4 is 10.6 Å². The topological polar surface area (TPSA) is 129 Å². The molecule has 9 nitrogen and oxygen atoms in total. The molecule has 0 radical (unpaired) electrons. The lowest BCUT2D eigenvalue weighted by Crippen LogP contribution is -2.42. The van der Waals surface area contributed by atoms with Gasteiger partial charge < -0.3 is 20.5 Å². The zero-order valence-electron chi connectivity index (χ0n) is 19.8. The Bertz CT molecular complexity index is 1130. The first-order chi connectivity index (χ1) is 17.4. The van der Waals surface area contributed by atoms with Crippen LogP contribution in [0.25, 0.3) is 11.1 Å². The molecule has 3 aromatic rings. The van der Waals surface area contributed by atoms with Crippen LogP contribution in [0, 0.1) is 11.7 Å². The van der Waals surface area contributed by atoms with Crippen molar-refractivity contribution in [2.75, 3.05) is 26.3 Å². The van der Waals surface area contributed by atoms with E-state index in [0.717, 1.165) is 5.56 Å². The monoisotopic (exact) mass is 517 g/mol. The van der Waals surface area contributed by atoms with E-state index in [1.165, 1.54) is 18.3 Å². The number of ether oxygens (including phenoxy) is 1. The second-order valence-corrected chi connectivity index (χ2v) is 8.61. The fourth-order valence-corrected chi connectivity index (χ4v) is 3.98. The highest BCUT2D eigenvalue weighted by atomic mass is 35.5. The van der Waals surface area contributed by atoms with E-state index in [0.29, 0.717) is 29.1 Å². The molecule has 2 atom stereocenters. The van der Waals surface area contributed by atoms with Crippen molar-refractivity contribution in [3.63, 3.8) is 0 Å². The Morgan fingerprint density at radius 3 is 2.67 bits per heavy atom. The van der Waals surface area contributed by atoms with Gasteiger partial charge in [0.05, 0.1) is 25.3 Å². The van der Waals surface area contributed by atoms with Crippen LogP contribution in [-0.4, -0.2) is 64.7 Å². The van der Waals surface area contributed by atoms with Gasteiger partial charge in [-0.05, 0) is 49.1 Å². The molecule has 0 spiro atoms. The number of aliphatic hydroxyl groups is 1. The van der Waals surface area contributed by atoms with Gasteiger partial charge in [0.15, 0.2) is 0 Å². The van der Waals surface area contributed by atoms with Gasteiger partial charge in [-0.25, -0.2) is 4.39 Å². The second kappa shape index (κ2) is 13.7. The molecule has 192 valence electrons. The molecule has 1 heterocycles. The van der Waals surface area contributed by atoms with Crippen molar-refractivity contribution < 1.29 is 23.8 Å². The Morgan fingerprint density at radius 1 is 1.22 bits per heavy atom. The molecule has 1 aromatic heterocycles. The summed E-state index contributed by atoms with van der Waals surface area (Å²) < 4.78 is 19.5. The van der Waals surface area contributed by atoms with E-state index in [-0.39, 0.29) is 37.7 Å². The summed E-state index contributed by atoms with van der Waals surface area (Å²) in [5.74, 6) is -1.73. The molecule has 2 aromatic carbocycles. The van der Waals surface area contributed by atoms with E-state index in [2.05, 4.69) is 26.0 Å². The zero-order chi connectivity index (χ0) is 25.9. The first-order valence-electron chi connectivity index (χ1n) is 11.6. The molecule has 0 saturated carbocycles. The van der Waals surface area contributed by atoms with Crippen LogP contribution >= 0.6 is 11.6 Å². The Morgan fingerprint density at radius 2 is 2.00 bits per heavy atom.